The van der Waals surface area contributed by atoms with Crippen LogP contribution in [0.15, 0.2) is 66.7 Å². The quantitative estimate of drug-likeness (QED) is 0.436. The van der Waals surface area contributed by atoms with Gasteiger partial charge < -0.3 is 19.3 Å². The molecule has 1 atom stereocenters. The maximum atomic E-state index is 10.1. The molecule has 0 saturated carbocycles. The van der Waals surface area contributed by atoms with Crippen molar-refractivity contribution < 1.29 is 19.3 Å². The highest BCUT2D eigenvalue weighted by atomic mass is 16.5. The van der Waals surface area contributed by atoms with Gasteiger partial charge in [-0.15, -0.1) is 0 Å². The van der Waals surface area contributed by atoms with Crippen molar-refractivity contribution in [3.05, 3.63) is 83.4 Å². The van der Waals surface area contributed by atoms with Gasteiger partial charge in [0.15, 0.2) is 0 Å². The van der Waals surface area contributed by atoms with Crippen molar-refractivity contribution in [2.45, 2.75) is 32.3 Å². The second-order valence-electron chi connectivity index (χ2n) is 9.27. The number of methoxy groups -OCH3 is 1. The molecule has 3 aromatic carbocycles. The topological polar surface area (TPSA) is 51.2 Å². The molecule has 0 radical (unpaired) electrons. The van der Waals surface area contributed by atoms with Crippen molar-refractivity contribution in [3.8, 4) is 23.0 Å². The number of aromatic hydroxyl groups is 1. The lowest BCUT2D eigenvalue weighted by Gasteiger charge is -2.31. The van der Waals surface area contributed by atoms with Gasteiger partial charge in [0.2, 0.25) is 0 Å². The number of rotatable bonds is 7. The highest BCUT2D eigenvalue weighted by Gasteiger charge is 2.29. The van der Waals surface area contributed by atoms with Crippen molar-refractivity contribution in [1.29, 1.82) is 0 Å². The number of fused-ring (bicyclic) bond motifs is 1. The second-order valence-corrected chi connectivity index (χ2v) is 9.27. The van der Waals surface area contributed by atoms with Crippen LogP contribution in [-0.4, -0.2) is 43.4 Å². The molecule has 0 bridgehead atoms. The average molecular weight is 472 g/mol. The van der Waals surface area contributed by atoms with Gasteiger partial charge in [-0.05, 0) is 86.0 Å². The van der Waals surface area contributed by atoms with Crippen LogP contribution in [0.4, 0.5) is 0 Å². The summed E-state index contributed by atoms with van der Waals surface area (Å²) in [4.78, 5) is 2.48. The van der Waals surface area contributed by atoms with Gasteiger partial charge in [0.1, 0.15) is 35.7 Å². The van der Waals surface area contributed by atoms with Gasteiger partial charge in [-0.25, -0.2) is 0 Å². The number of benzene rings is 3. The normalized spacial score (nSPS) is 18.1. The van der Waals surface area contributed by atoms with Crippen LogP contribution in [-0.2, 0) is 0 Å². The van der Waals surface area contributed by atoms with Crippen LogP contribution >= 0.6 is 0 Å². The van der Waals surface area contributed by atoms with Gasteiger partial charge in [-0.1, -0.05) is 30.7 Å². The molecule has 1 fully saturated rings. The monoisotopic (exact) mass is 471 g/mol. The molecule has 3 aromatic rings. The van der Waals surface area contributed by atoms with E-state index in [4.69, 9.17) is 14.2 Å². The van der Waals surface area contributed by atoms with Crippen LogP contribution in [0.1, 0.15) is 49.0 Å². The second kappa shape index (κ2) is 10.4. The zero-order valence-corrected chi connectivity index (χ0v) is 20.5. The van der Waals surface area contributed by atoms with Crippen molar-refractivity contribution in [2.75, 3.05) is 33.4 Å². The number of ether oxygens (including phenoxy) is 3. The minimum absolute atomic E-state index is 0.195. The van der Waals surface area contributed by atoms with Gasteiger partial charge in [0, 0.05) is 23.7 Å². The predicted octanol–water partition coefficient (Wildman–Crippen LogP) is 6.33. The fourth-order valence-electron chi connectivity index (χ4n) is 5.03. The number of hydrogen-bond acceptors (Lipinski definition) is 5. The molecular weight excluding hydrogens is 438 g/mol. The predicted molar refractivity (Wildman–Crippen MR) is 139 cm³/mol. The highest BCUT2D eigenvalue weighted by Crippen LogP contribution is 2.47. The standard InChI is InChI=1S/C30H33NO4/c1-21-27-15-10-24(32)20-28(27)35-30(29(21)22-6-11-25(33-2)12-7-22)23-8-13-26(14-9-23)34-19-18-31-16-4-3-5-17-31/h6-15,20,30,32H,3-5,16-19H2,1-2H3/t30-/m0/s1. The third-order valence-corrected chi connectivity index (χ3v) is 6.99. The molecule has 0 aromatic heterocycles. The SMILES string of the molecule is COc1ccc(C2=C(C)c3ccc(O)cc3O[C@H]2c2ccc(OCCN3CCCCC3)cc2)cc1. The Morgan fingerprint density at radius 2 is 1.63 bits per heavy atom. The lowest BCUT2D eigenvalue weighted by atomic mass is 9.86. The summed E-state index contributed by atoms with van der Waals surface area (Å²) in [6.45, 7) is 6.14. The molecule has 1 saturated heterocycles. The maximum absolute atomic E-state index is 10.1. The van der Waals surface area contributed by atoms with Crippen LogP contribution < -0.4 is 14.2 Å². The molecule has 0 amide bonds. The largest absolute Gasteiger partial charge is 0.508 e. The number of piperidine rings is 1. The summed E-state index contributed by atoms with van der Waals surface area (Å²) in [5.41, 5.74) is 5.33. The smallest absolute Gasteiger partial charge is 0.150 e. The van der Waals surface area contributed by atoms with Crippen molar-refractivity contribution >= 4 is 11.1 Å². The Bertz CT molecular complexity index is 1180. The molecule has 2 heterocycles. The van der Waals surface area contributed by atoms with Crippen LogP contribution in [0, 0.1) is 0 Å². The molecule has 2 aliphatic heterocycles. The number of hydrogen-bond donors (Lipinski definition) is 1. The summed E-state index contributed by atoms with van der Waals surface area (Å²) in [6, 6.07) is 21.6. The fraction of sp³-hybridized carbons (Fsp3) is 0.333. The zero-order valence-electron chi connectivity index (χ0n) is 20.5. The highest BCUT2D eigenvalue weighted by molar-refractivity contribution is 5.95. The molecule has 182 valence electrons. The summed E-state index contributed by atoms with van der Waals surface area (Å²) in [5, 5.41) is 10.1. The Kier molecular flexibility index (Phi) is 6.96. The van der Waals surface area contributed by atoms with E-state index in [0.717, 1.165) is 45.9 Å². The van der Waals surface area contributed by atoms with Crippen LogP contribution in [0.5, 0.6) is 23.0 Å². The number of phenolic OH excluding ortho intramolecular Hbond substituents is 1. The number of nitrogens with zero attached hydrogens (tertiary/aromatic N) is 1. The average Bonchev–Trinajstić information content (AvgIpc) is 2.89. The molecule has 5 heteroatoms. The summed E-state index contributed by atoms with van der Waals surface area (Å²) in [7, 11) is 1.67. The summed E-state index contributed by atoms with van der Waals surface area (Å²) < 4.78 is 17.9. The van der Waals surface area contributed by atoms with E-state index in [-0.39, 0.29) is 11.9 Å². The van der Waals surface area contributed by atoms with Gasteiger partial charge >= 0.3 is 0 Å². The lowest BCUT2D eigenvalue weighted by molar-refractivity contribution is 0.183. The number of likely N-dealkylation sites (tertiary alicyclic amines) is 1. The van der Waals surface area contributed by atoms with Crippen molar-refractivity contribution in [2.24, 2.45) is 0 Å². The van der Waals surface area contributed by atoms with Gasteiger partial charge in [0.05, 0.1) is 7.11 Å². The molecule has 0 spiro atoms. The number of allylic oxidation sites excluding steroid dienone is 1. The molecule has 35 heavy (non-hydrogen) atoms. The molecule has 1 N–H and O–H groups in total. The van der Waals surface area contributed by atoms with E-state index in [1.54, 1.807) is 19.2 Å². The minimum atomic E-state index is -0.305. The van der Waals surface area contributed by atoms with E-state index in [9.17, 15) is 5.11 Å². The molecule has 0 unspecified atom stereocenters. The van der Waals surface area contributed by atoms with Gasteiger partial charge in [-0.3, -0.25) is 4.90 Å². The zero-order chi connectivity index (χ0) is 24.2. The van der Waals surface area contributed by atoms with Crippen LogP contribution in [0.3, 0.4) is 0 Å². The molecule has 5 rings (SSSR count). The van der Waals surface area contributed by atoms with E-state index in [1.807, 2.05) is 30.3 Å². The van der Waals surface area contributed by atoms with E-state index < -0.39 is 0 Å². The first-order valence-electron chi connectivity index (χ1n) is 12.4. The Morgan fingerprint density at radius 1 is 0.914 bits per heavy atom. The third-order valence-electron chi connectivity index (χ3n) is 6.99. The summed E-state index contributed by atoms with van der Waals surface area (Å²) in [6.07, 6.45) is 3.62. The molecule has 0 aliphatic carbocycles. The van der Waals surface area contributed by atoms with Crippen LogP contribution in [0.2, 0.25) is 0 Å². The van der Waals surface area contributed by atoms with Crippen molar-refractivity contribution in [1.82, 2.24) is 4.90 Å². The fourth-order valence-corrected chi connectivity index (χ4v) is 5.03. The molecule has 2 aliphatic rings. The first-order valence-corrected chi connectivity index (χ1v) is 12.4. The van der Waals surface area contributed by atoms with E-state index >= 15 is 0 Å². The Morgan fingerprint density at radius 3 is 2.34 bits per heavy atom. The van der Waals surface area contributed by atoms with Crippen molar-refractivity contribution in [3.63, 3.8) is 0 Å². The third kappa shape index (κ3) is 5.15. The van der Waals surface area contributed by atoms with E-state index in [1.165, 1.54) is 32.4 Å². The Labute approximate surface area is 207 Å². The molecule has 5 nitrogen and oxygen atoms in total. The van der Waals surface area contributed by atoms with Crippen LogP contribution in [0.25, 0.3) is 11.1 Å². The van der Waals surface area contributed by atoms with Gasteiger partial charge in [-0.2, -0.15) is 0 Å². The number of phenols is 1. The Balaban J connectivity index is 1.40. The summed E-state index contributed by atoms with van der Waals surface area (Å²) >= 11 is 0. The maximum Gasteiger partial charge on any atom is 0.150 e. The minimum Gasteiger partial charge on any atom is -0.508 e. The lowest BCUT2D eigenvalue weighted by Crippen LogP contribution is -2.33. The first-order chi connectivity index (χ1) is 17.1. The molecular formula is C30H33NO4. The van der Waals surface area contributed by atoms with E-state index in [2.05, 4.69) is 36.1 Å². The summed E-state index contributed by atoms with van der Waals surface area (Å²) in [5.74, 6) is 2.57. The van der Waals surface area contributed by atoms with E-state index in [0.29, 0.717) is 12.4 Å². The Hall–Kier alpha value is -3.44. The van der Waals surface area contributed by atoms with Gasteiger partial charge in [0.25, 0.3) is 0 Å². The first kappa shape index (κ1) is 23.3.